The molecular weight excluding hydrogens is 144 g/mol. The molecule has 62 valence electrons. The molecule has 0 bridgehead atoms. The highest BCUT2D eigenvalue weighted by atomic mass is 14.0. The Morgan fingerprint density at radius 1 is 0.750 bits per heavy atom. The van der Waals surface area contributed by atoms with E-state index in [4.69, 9.17) is 0 Å². The molecule has 0 aromatic heterocycles. The van der Waals surface area contributed by atoms with Crippen LogP contribution in [-0.2, 0) is 0 Å². The zero-order valence-electron chi connectivity index (χ0n) is 7.34. The van der Waals surface area contributed by atoms with Crippen molar-refractivity contribution in [2.24, 2.45) is 0 Å². The van der Waals surface area contributed by atoms with Crippen LogP contribution in [-0.4, -0.2) is 0 Å². The first-order valence-corrected chi connectivity index (χ1v) is 3.64. The van der Waals surface area contributed by atoms with Gasteiger partial charge in [-0.25, -0.2) is 0 Å². The van der Waals surface area contributed by atoms with Crippen LogP contribution in [0.5, 0.6) is 0 Å². The smallest absolute Gasteiger partial charge is 0.0124 e. The van der Waals surface area contributed by atoms with E-state index in [0.717, 1.165) is 16.7 Å². The molecule has 0 heteroatoms. The molecular formula is C12H14. The van der Waals surface area contributed by atoms with Gasteiger partial charge in [-0.05, 0) is 16.7 Å². The molecule has 0 N–H and O–H groups in total. The van der Waals surface area contributed by atoms with Crippen molar-refractivity contribution < 1.29 is 0 Å². The summed E-state index contributed by atoms with van der Waals surface area (Å²) in [6.07, 6.45) is 6.85. The zero-order chi connectivity index (χ0) is 9.56. The topological polar surface area (TPSA) is 0 Å². The molecule has 0 saturated carbocycles. The third-order valence-corrected chi connectivity index (χ3v) is 1.55. The Labute approximate surface area is 74.6 Å². The van der Waals surface area contributed by atoms with Gasteiger partial charge in [-0.2, -0.15) is 0 Å². The van der Waals surface area contributed by atoms with E-state index in [1.165, 1.54) is 0 Å². The van der Waals surface area contributed by atoms with Crippen LogP contribution in [0.4, 0.5) is 0 Å². The fourth-order valence-corrected chi connectivity index (χ4v) is 0.848. The second kappa shape index (κ2) is 5.14. The Kier molecular flexibility index (Phi) is 4.47. The molecule has 0 rings (SSSR count). The Bertz CT molecular complexity index is 252. The van der Waals surface area contributed by atoms with Gasteiger partial charge >= 0.3 is 0 Å². The van der Waals surface area contributed by atoms with E-state index in [1.807, 2.05) is 0 Å². The molecule has 0 aromatic carbocycles. The van der Waals surface area contributed by atoms with E-state index in [-0.39, 0.29) is 0 Å². The number of hydrogen-bond donors (Lipinski definition) is 0. The van der Waals surface area contributed by atoms with Crippen LogP contribution in [0.25, 0.3) is 0 Å². The molecule has 0 saturated heterocycles. The average molecular weight is 158 g/mol. The second-order valence-electron chi connectivity index (χ2n) is 2.21. The Hall–Kier alpha value is -1.56. The van der Waals surface area contributed by atoms with Crippen LogP contribution in [0.2, 0.25) is 0 Å². The summed E-state index contributed by atoms with van der Waals surface area (Å²) in [5.41, 5.74) is 2.68. The largest absolute Gasteiger partial charge is 0.0985 e. The monoisotopic (exact) mass is 158 g/mol. The van der Waals surface area contributed by atoms with Gasteiger partial charge < -0.3 is 0 Å². The first-order chi connectivity index (χ1) is 5.71. The van der Waals surface area contributed by atoms with E-state index in [9.17, 15) is 0 Å². The number of allylic oxidation sites excluding steroid dienone is 7. The molecule has 0 unspecified atom stereocenters. The SMILES string of the molecule is C=CC(=C)C(C=C)=C(C=C)C=C. The van der Waals surface area contributed by atoms with Crippen LogP contribution >= 0.6 is 0 Å². The van der Waals surface area contributed by atoms with Crippen molar-refractivity contribution in [1.82, 2.24) is 0 Å². The minimum atomic E-state index is 0.833. The van der Waals surface area contributed by atoms with Crippen molar-refractivity contribution in [3.8, 4) is 0 Å². The molecule has 0 spiro atoms. The highest BCUT2D eigenvalue weighted by molar-refractivity contribution is 5.52. The predicted molar refractivity (Wildman–Crippen MR) is 57.0 cm³/mol. The third-order valence-electron chi connectivity index (χ3n) is 1.55. The van der Waals surface area contributed by atoms with E-state index in [0.29, 0.717) is 0 Å². The van der Waals surface area contributed by atoms with Gasteiger partial charge in [0.2, 0.25) is 0 Å². The quantitative estimate of drug-likeness (QED) is 0.536. The van der Waals surface area contributed by atoms with Crippen LogP contribution in [0.1, 0.15) is 0 Å². The lowest BCUT2D eigenvalue weighted by atomic mass is 10.0. The van der Waals surface area contributed by atoms with E-state index in [1.54, 1.807) is 24.3 Å². The van der Waals surface area contributed by atoms with Gasteiger partial charge in [0.15, 0.2) is 0 Å². The first kappa shape index (κ1) is 10.4. The second-order valence-corrected chi connectivity index (χ2v) is 2.21. The van der Waals surface area contributed by atoms with E-state index >= 15 is 0 Å². The zero-order valence-corrected chi connectivity index (χ0v) is 7.34. The molecule has 0 heterocycles. The average Bonchev–Trinajstić information content (AvgIpc) is 2.12. The maximum absolute atomic E-state index is 3.82. The summed E-state index contributed by atoms with van der Waals surface area (Å²) >= 11 is 0. The lowest BCUT2D eigenvalue weighted by Crippen LogP contribution is -1.84. The number of hydrogen-bond acceptors (Lipinski definition) is 0. The van der Waals surface area contributed by atoms with Gasteiger partial charge in [-0.3, -0.25) is 0 Å². The van der Waals surface area contributed by atoms with E-state index < -0.39 is 0 Å². The molecule has 0 atom stereocenters. The molecule has 0 amide bonds. The molecule has 0 aliphatic carbocycles. The van der Waals surface area contributed by atoms with Crippen molar-refractivity contribution in [1.29, 1.82) is 0 Å². The minimum Gasteiger partial charge on any atom is -0.0985 e. The van der Waals surface area contributed by atoms with Crippen molar-refractivity contribution in [2.45, 2.75) is 0 Å². The summed E-state index contributed by atoms with van der Waals surface area (Å²) in [7, 11) is 0. The third kappa shape index (κ3) is 2.24. The summed E-state index contributed by atoms with van der Waals surface area (Å²) in [6.45, 7) is 18.5. The molecule has 0 aromatic rings. The van der Waals surface area contributed by atoms with Gasteiger partial charge in [-0.1, -0.05) is 57.2 Å². The van der Waals surface area contributed by atoms with Gasteiger partial charge in [0.1, 0.15) is 0 Å². The van der Waals surface area contributed by atoms with Crippen LogP contribution in [0.3, 0.4) is 0 Å². The normalized spacial score (nSPS) is 8.00. The maximum atomic E-state index is 3.82. The molecule has 0 aliphatic heterocycles. The standard InChI is InChI=1S/C12H14/c1-6-10(5)12(9-4)11(7-2)8-3/h6-9H,1-5H2. The van der Waals surface area contributed by atoms with Gasteiger partial charge in [0.25, 0.3) is 0 Å². The fourth-order valence-electron chi connectivity index (χ4n) is 0.848. The van der Waals surface area contributed by atoms with Gasteiger partial charge in [0.05, 0.1) is 0 Å². The van der Waals surface area contributed by atoms with Crippen molar-refractivity contribution in [2.75, 3.05) is 0 Å². The summed E-state index contributed by atoms with van der Waals surface area (Å²) in [5, 5.41) is 0. The Balaban J connectivity index is 5.20. The highest BCUT2D eigenvalue weighted by Crippen LogP contribution is 2.16. The summed E-state index contributed by atoms with van der Waals surface area (Å²) in [4.78, 5) is 0. The molecule has 12 heavy (non-hydrogen) atoms. The number of rotatable bonds is 5. The molecule has 0 fully saturated rings. The molecule has 0 radical (unpaired) electrons. The molecule has 0 aliphatic rings. The van der Waals surface area contributed by atoms with Crippen LogP contribution < -0.4 is 0 Å². The van der Waals surface area contributed by atoms with Gasteiger partial charge in [-0.15, -0.1) is 0 Å². The van der Waals surface area contributed by atoms with Crippen LogP contribution in [0.15, 0.2) is 73.9 Å². The highest BCUT2D eigenvalue weighted by Gasteiger charge is 1.97. The maximum Gasteiger partial charge on any atom is -0.0124 e. The minimum absolute atomic E-state index is 0.833. The molecule has 0 nitrogen and oxygen atoms in total. The van der Waals surface area contributed by atoms with E-state index in [2.05, 4.69) is 32.9 Å². The summed E-state index contributed by atoms with van der Waals surface area (Å²) < 4.78 is 0. The van der Waals surface area contributed by atoms with Crippen LogP contribution in [0, 0.1) is 0 Å². The summed E-state index contributed by atoms with van der Waals surface area (Å²) in [6, 6.07) is 0. The van der Waals surface area contributed by atoms with Crippen molar-refractivity contribution in [3.63, 3.8) is 0 Å². The lowest BCUT2D eigenvalue weighted by molar-refractivity contribution is 1.51. The predicted octanol–water partition coefficient (Wildman–Crippen LogP) is 3.58. The fraction of sp³-hybridized carbons (Fsp3) is 0. The Morgan fingerprint density at radius 3 is 1.50 bits per heavy atom. The lowest BCUT2D eigenvalue weighted by Gasteiger charge is -2.03. The van der Waals surface area contributed by atoms with Gasteiger partial charge in [0, 0.05) is 0 Å². The van der Waals surface area contributed by atoms with Crippen molar-refractivity contribution >= 4 is 0 Å². The Morgan fingerprint density at radius 2 is 1.25 bits per heavy atom. The first-order valence-electron chi connectivity index (χ1n) is 3.64. The summed E-state index contributed by atoms with van der Waals surface area (Å²) in [5.74, 6) is 0. The van der Waals surface area contributed by atoms with Crippen molar-refractivity contribution in [3.05, 3.63) is 73.9 Å².